The molecular formula is C22H25N3O. The van der Waals surface area contributed by atoms with Gasteiger partial charge in [-0.15, -0.1) is 0 Å². The summed E-state index contributed by atoms with van der Waals surface area (Å²) in [6, 6.07) is 18.1. The van der Waals surface area contributed by atoms with E-state index in [1.807, 2.05) is 67.9 Å². The minimum Gasteiger partial charge on any atom is -0.349 e. The van der Waals surface area contributed by atoms with E-state index in [2.05, 4.69) is 29.5 Å². The van der Waals surface area contributed by atoms with Gasteiger partial charge in [-0.25, -0.2) is 4.68 Å². The molecule has 0 bridgehead atoms. The number of nitrogens with zero attached hydrogens (tertiary/aromatic N) is 2. The van der Waals surface area contributed by atoms with Crippen LogP contribution >= 0.6 is 0 Å². The van der Waals surface area contributed by atoms with E-state index in [9.17, 15) is 4.79 Å². The van der Waals surface area contributed by atoms with Crippen LogP contribution in [0.5, 0.6) is 0 Å². The van der Waals surface area contributed by atoms with Crippen molar-refractivity contribution in [1.29, 1.82) is 0 Å². The van der Waals surface area contributed by atoms with Crippen molar-refractivity contribution in [3.05, 3.63) is 82.7 Å². The lowest BCUT2D eigenvalue weighted by atomic mass is 10.0. The van der Waals surface area contributed by atoms with Crippen LogP contribution < -0.4 is 5.32 Å². The Morgan fingerprint density at radius 1 is 1.04 bits per heavy atom. The monoisotopic (exact) mass is 347 g/mol. The Labute approximate surface area is 154 Å². The van der Waals surface area contributed by atoms with Gasteiger partial charge in [-0.2, -0.15) is 5.10 Å². The van der Waals surface area contributed by atoms with Crippen molar-refractivity contribution in [2.24, 2.45) is 0 Å². The number of benzene rings is 2. The Morgan fingerprint density at radius 2 is 1.69 bits per heavy atom. The van der Waals surface area contributed by atoms with Crippen LogP contribution in [0.4, 0.5) is 0 Å². The van der Waals surface area contributed by atoms with E-state index in [4.69, 9.17) is 0 Å². The first kappa shape index (κ1) is 17.9. The number of carbonyl (C=O) groups excluding carboxylic acids is 1. The molecule has 4 heteroatoms. The number of amides is 1. The quantitative estimate of drug-likeness (QED) is 0.751. The molecule has 0 fully saturated rings. The van der Waals surface area contributed by atoms with Crippen LogP contribution in [0.1, 0.15) is 41.0 Å². The van der Waals surface area contributed by atoms with Crippen molar-refractivity contribution < 1.29 is 4.79 Å². The molecule has 0 aliphatic carbocycles. The lowest BCUT2D eigenvalue weighted by molar-refractivity contribution is -0.121. The van der Waals surface area contributed by atoms with Gasteiger partial charge in [0.25, 0.3) is 0 Å². The molecule has 1 N–H and O–H groups in total. The van der Waals surface area contributed by atoms with E-state index in [-0.39, 0.29) is 11.9 Å². The van der Waals surface area contributed by atoms with Crippen LogP contribution in [0.25, 0.3) is 5.69 Å². The Hall–Kier alpha value is -2.88. The Kier molecular flexibility index (Phi) is 5.21. The first-order valence-electron chi connectivity index (χ1n) is 8.92. The number of aryl methyl sites for hydroxylation is 2. The van der Waals surface area contributed by atoms with Crippen molar-refractivity contribution in [1.82, 2.24) is 15.1 Å². The highest BCUT2D eigenvalue weighted by Crippen LogP contribution is 2.20. The molecule has 3 aromatic rings. The maximum atomic E-state index is 12.6. The zero-order valence-electron chi connectivity index (χ0n) is 15.8. The van der Waals surface area contributed by atoms with Gasteiger partial charge in [-0.05, 0) is 51.0 Å². The van der Waals surface area contributed by atoms with Crippen LogP contribution in [-0.4, -0.2) is 15.7 Å². The standard InChI is InChI=1S/C22H25N3O/c1-15-10-8-9-13-20(15)16(2)23-22(26)14-21-17(3)24-25(18(21)4)19-11-6-5-7-12-19/h5-13,16H,14H2,1-4H3,(H,23,26). The zero-order valence-corrected chi connectivity index (χ0v) is 15.8. The molecule has 1 atom stereocenters. The second-order valence-corrected chi connectivity index (χ2v) is 6.72. The van der Waals surface area contributed by atoms with Gasteiger partial charge in [-0.1, -0.05) is 42.5 Å². The van der Waals surface area contributed by atoms with E-state index in [0.29, 0.717) is 6.42 Å². The van der Waals surface area contributed by atoms with Gasteiger partial charge in [0.2, 0.25) is 5.91 Å². The highest BCUT2D eigenvalue weighted by Gasteiger charge is 2.18. The lowest BCUT2D eigenvalue weighted by Crippen LogP contribution is -2.28. The van der Waals surface area contributed by atoms with Crippen molar-refractivity contribution >= 4 is 5.91 Å². The summed E-state index contributed by atoms with van der Waals surface area (Å²) in [5.74, 6) is 0.0135. The van der Waals surface area contributed by atoms with E-state index in [0.717, 1.165) is 28.2 Å². The van der Waals surface area contributed by atoms with Crippen LogP contribution in [0, 0.1) is 20.8 Å². The number of hydrogen-bond donors (Lipinski definition) is 1. The molecule has 0 radical (unpaired) electrons. The first-order valence-corrected chi connectivity index (χ1v) is 8.92. The summed E-state index contributed by atoms with van der Waals surface area (Å²) in [7, 11) is 0. The number of aromatic nitrogens is 2. The largest absolute Gasteiger partial charge is 0.349 e. The lowest BCUT2D eigenvalue weighted by Gasteiger charge is -2.16. The van der Waals surface area contributed by atoms with Crippen LogP contribution in [0.15, 0.2) is 54.6 Å². The molecule has 2 aromatic carbocycles. The number of hydrogen-bond acceptors (Lipinski definition) is 2. The third kappa shape index (κ3) is 3.69. The van der Waals surface area contributed by atoms with Gasteiger partial charge < -0.3 is 5.32 Å². The highest BCUT2D eigenvalue weighted by atomic mass is 16.1. The van der Waals surface area contributed by atoms with E-state index < -0.39 is 0 Å². The van der Waals surface area contributed by atoms with Crippen molar-refractivity contribution in [2.45, 2.75) is 40.2 Å². The summed E-state index contributed by atoms with van der Waals surface area (Å²) in [4.78, 5) is 12.6. The topological polar surface area (TPSA) is 46.9 Å². The molecule has 0 saturated carbocycles. The van der Waals surface area contributed by atoms with Gasteiger partial charge in [0.05, 0.1) is 23.8 Å². The van der Waals surface area contributed by atoms with Gasteiger partial charge in [0.1, 0.15) is 0 Å². The van der Waals surface area contributed by atoms with E-state index in [1.165, 1.54) is 5.56 Å². The normalized spacial score (nSPS) is 12.0. The smallest absolute Gasteiger partial charge is 0.225 e. The average Bonchev–Trinajstić information content (AvgIpc) is 2.91. The molecule has 0 aliphatic rings. The molecule has 1 unspecified atom stereocenters. The predicted octanol–water partition coefficient (Wildman–Crippen LogP) is 4.22. The molecule has 134 valence electrons. The fourth-order valence-electron chi connectivity index (χ4n) is 3.35. The average molecular weight is 347 g/mol. The fourth-order valence-corrected chi connectivity index (χ4v) is 3.35. The molecule has 1 heterocycles. The molecule has 0 saturated heterocycles. The molecule has 0 aliphatic heterocycles. The summed E-state index contributed by atoms with van der Waals surface area (Å²) >= 11 is 0. The maximum absolute atomic E-state index is 12.6. The Morgan fingerprint density at radius 3 is 2.38 bits per heavy atom. The van der Waals surface area contributed by atoms with Crippen molar-refractivity contribution in [3.8, 4) is 5.69 Å². The van der Waals surface area contributed by atoms with Crippen LogP contribution in [0.3, 0.4) is 0 Å². The second-order valence-electron chi connectivity index (χ2n) is 6.72. The molecule has 3 rings (SSSR count). The Balaban J connectivity index is 1.76. The minimum absolute atomic E-state index is 0.0135. The maximum Gasteiger partial charge on any atom is 0.225 e. The molecule has 1 aromatic heterocycles. The zero-order chi connectivity index (χ0) is 18.7. The van der Waals surface area contributed by atoms with Gasteiger partial charge in [0, 0.05) is 11.3 Å². The molecule has 0 spiro atoms. The predicted molar refractivity (Wildman–Crippen MR) is 104 cm³/mol. The first-order chi connectivity index (χ1) is 12.5. The van der Waals surface area contributed by atoms with Gasteiger partial charge in [0.15, 0.2) is 0 Å². The van der Waals surface area contributed by atoms with Crippen LogP contribution in [0.2, 0.25) is 0 Å². The third-order valence-corrected chi connectivity index (χ3v) is 4.81. The molecule has 1 amide bonds. The summed E-state index contributed by atoms with van der Waals surface area (Å²) in [6.07, 6.45) is 0.334. The third-order valence-electron chi connectivity index (χ3n) is 4.81. The molecule has 26 heavy (non-hydrogen) atoms. The highest BCUT2D eigenvalue weighted by molar-refractivity contribution is 5.79. The van der Waals surface area contributed by atoms with Gasteiger partial charge in [-0.3, -0.25) is 4.79 Å². The van der Waals surface area contributed by atoms with Crippen LogP contribution in [-0.2, 0) is 11.2 Å². The van der Waals surface area contributed by atoms with Gasteiger partial charge >= 0.3 is 0 Å². The number of nitrogens with one attached hydrogen (secondary N) is 1. The summed E-state index contributed by atoms with van der Waals surface area (Å²) in [5.41, 5.74) is 6.23. The number of para-hydroxylation sites is 1. The van der Waals surface area contributed by atoms with E-state index in [1.54, 1.807) is 0 Å². The summed E-state index contributed by atoms with van der Waals surface area (Å²) in [6.45, 7) is 8.06. The summed E-state index contributed by atoms with van der Waals surface area (Å²) < 4.78 is 1.91. The van der Waals surface area contributed by atoms with E-state index >= 15 is 0 Å². The van der Waals surface area contributed by atoms with Crippen molar-refractivity contribution in [2.75, 3.05) is 0 Å². The minimum atomic E-state index is -0.0199. The summed E-state index contributed by atoms with van der Waals surface area (Å²) in [5, 5.41) is 7.73. The Bertz CT molecular complexity index is 912. The number of carbonyl (C=O) groups is 1. The fraction of sp³-hybridized carbons (Fsp3) is 0.273. The number of rotatable bonds is 5. The SMILES string of the molecule is Cc1ccccc1C(C)NC(=O)Cc1c(C)nn(-c2ccccc2)c1C. The second kappa shape index (κ2) is 7.56. The molecule has 4 nitrogen and oxygen atoms in total. The van der Waals surface area contributed by atoms with Crippen molar-refractivity contribution in [3.63, 3.8) is 0 Å². The molecular weight excluding hydrogens is 322 g/mol.